The summed E-state index contributed by atoms with van der Waals surface area (Å²) in [5.41, 5.74) is 5.37. The number of phosphoric ester groups is 1. The first kappa shape index (κ1) is 52.9. The van der Waals surface area contributed by atoms with Crippen LogP contribution < -0.4 is 11.1 Å². The molecule has 3 atom stereocenters. The summed E-state index contributed by atoms with van der Waals surface area (Å²) in [5, 5.41) is 13.6. The minimum Gasteiger partial charge on any atom is -0.387 e. The molecule has 318 valence electrons. The Morgan fingerprint density at radius 1 is 0.600 bits per heavy atom. The van der Waals surface area contributed by atoms with Crippen molar-refractivity contribution in [1.29, 1.82) is 0 Å². The van der Waals surface area contributed by atoms with E-state index in [2.05, 4.69) is 79.9 Å². The quantitative estimate of drug-likeness (QED) is 0.0276. The Morgan fingerprint density at radius 2 is 1.02 bits per heavy atom. The molecule has 0 radical (unpaired) electrons. The van der Waals surface area contributed by atoms with Crippen LogP contribution in [0.3, 0.4) is 0 Å². The van der Waals surface area contributed by atoms with Crippen LogP contribution in [-0.2, 0) is 18.4 Å². The molecule has 1 amide bonds. The number of amides is 1. The number of nitrogens with one attached hydrogen (secondary N) is 1. The number of rotatable bonds is 40. The fraction of sp³-hybridized carbons (Fsp3) is 0.717. The Kier molecular flexibility index (Phi) is 40.0. The standard InChI is InChI=1S/C46H83N2O6P/c1-3-5-7-9-11-13-15-17-19-21-22-24-26-28-30-32-34-36-38-40-46(50)48-44(43-54-55(51,52)53-42-41-47)45(49)39-37-35-33-31-29-27-25-23-20-18-16-14-12-10-8-6-4-2/h11,13,17,19-20,22-24,29,31,37,39,44-45,49H,3-10,12,14-16,18,21,25-28,30,32-36,38,40-43,47H2,1-2H3,(H,48,50)(H,51,52)/b13-11-,19-17-,23-20+,24-22-,31-29+,39-37+. The van der Waals surface area contributed by atoms with Crippen LogP contribution in [0, 0.1) is 0 Å². The molecule has 0 saturated heterocycles. The fourth-order valence-corrected chi connectivity index (χ4v) is 6.63. The molecule has 0 aromatic heterocycles. The minimum atomic E-state index is -4.36. The Labute approximate surface area is 337 Å². The molecule has 0 aliphatic heterocycles. The molecule has 0 rings (SSSR count). The topological polar surface area (TPSA) is 131 Å². The summed E-state index contributed by atoms with van der Waals surface area (Å²) in [6.45, 7) is 4.05. The maximum absolute atomic E-state index is 12.8. The van der Waals surface area contributed by atoms with E-state index in [4.69, 9.17) is 14.8 Å². The van der Waals surface area contributed by atoms with Crippen molar-refractivity contribution < 1.29 is 28.4 Å². The molecular weight excluding hydrogens is 707 g/mol. The SMILES string of the molecule is CCCCC/C=C\C/C=C\C/C=C\CCCCCCCCC(=O)NC(COP(=O)(O)OCCN)C(O)/C=C/CC/C=C/CC/C=C/CCCCCCCCC. The van der Waals surface area contributed by atoms with Gasteiger partial charge in [0, 0.05) is 13.0 Å². The Bertz CT molecular complexity index is 1090. The lowest BCUT2D eigenvalue weighted by Crippen LogP contribution is -2.45. The zero-order valence-corrected chi connectivity index (χ0v) is 36.0. The summed E-state index contributed by atoms with van der Waals surface area (Å²) in [6.07, 6.45) is 53.8. The van der Waals surface area contributed by atoms with Gasteiger partial charge in [0.1, 0.15) is 0 Å². The van der Waals surface area contributed by atoms with E-state index >= 15 is 0 Å². The fourth-order valence-electron chi connectivity index (χ4n) is 5.87. The van der Waals surface area contributed by atoms with E-state index in [1.807, 2.05) is 6.08 Å². The van der Waals surface area contributed by atoms with Crippen molar-refractivity contribution in [2.75, 3.05) is 19.8 Å². The van der Waals surface area contributed by atoms with Gasteiger partial charge in [0.15, 0.2) is 0 Å². The number of hydrogen-bond donors (Lipinski definition) is 4. The lowest BCUT2D eigenvalue weighted by molar-refractivity contribution is -0.123. The van der Waals surface area contributed by atoms with Crippen molar-refractivity contribution in [3.63, 3.8) is 0 Å². The average Bonchev–Trinajstić information content (AvgIpc) is 3.17. The molecule has 5 N–H and O–H groups in total. The number of nitrogens with two attached hydrogens (primary N) is 1. The lowest BCUT2D eigenvalue weighted by Gasteiger charge is -2.23. The third-order valence-electron chi connectivity index (χ3n) is 9.23. The van der Waals surface area contributed by atoms with E-state index in [9.17, 15) is 19.4 Å². The van der Waals surface area contributed by atoms with Gasteiger partial charge in [0.05, 0.1) is 25.4 Å². The lowest BCUT2D eigenvalue weighted by atomic mass is 10.1. The third-order valence-corrected chi connectivity index (χ3v) is 10.2. The number of carbonyl (C=O) groups is 1. The van der Waals surface area contributed by atoms with Crippen LogP contribution in [0.25, 0.3) is 0 Å². The zero-order valence-electron chi connectivity index (χ0n) is 35.1. The maximum atomic E-state index is 12.8. The van der Waals surface area contributed by atoms with Gasteiger partial charge in [-0.15, -0.1) is 0 Å². The second kappa shape index (κ2) is 41.6. The average molecular weight is 791 g/mol. The number of carbonyl (C=O) groups excluding carboxylic acids is 1. The molecule has 9 heteroatoms. The van der Waals surface area contributed by atoms with Crippen LogP contribution in [0.15, 0.2) is 72.9 Å². The highest BCUT2D eigenvalue weighted by Gasteiger charge is 2.26. The van der Waals surface area contributed by atoms with Gasteiger partial charge in [-0.05, 0) is 83.5 Å². The second-order valence-corrected chi connectivity index (χ2v) is 16.0. The first-order chi connectivity index (χ1) is 26.9. The van der Waals surface area contributed by atoms with Gasteiger partial charge < -0.3 is 21.1 Å². The van der Waals surface area contributed by atoms with Crippen molar-refractivity contribution in [2.24, 2.45) is 5.73 Å². The maximum Gasteiger partial charge on any atom is 0.472 e. The Morgan fingerprint density at radius 3 is 1.56 bits per heavy atom. The Hall–Kier alpha value is -2.06. The predicted octanol–water partition coefficient (Wildman–Crippen LogP) is 12.4. The van der Waals surface area contributed by atoms with Gasteiger partial charge >= 0.3 is 7.82 Å². The van der Waals surface area contributed by atoms with Gasteiger partial charge in [-0.25, -0.2) is 4.57 Å². The molecule has 0 fully saturated rings. The highest BCUT2D eigenvalue weighted by Crippen LogP contribution is 2.43. The number of aliphatic hydroxyl groups is 1. The van der Waals surface area contributed by atoms with Crippen molar-refractivity contribution in [2.45, 2.75) is 193 Å². The van der Waals surface area contributed by atoms with E-state index in [-0.39, 0.29) is 25.7 Å². The molecule has 0 aromatic rings. The highest BCUT2D eigenvalue weighted by molar-refractivity contribution is 7.47. The number of aliphatic hydroxyl groups excluding tert-OH is 1. The van der Waals surface area contributed by atoms with Gasteiger partial charge in [0.25, 0.3) is 0 Å². The third kappa shape index (κ3) is 40.0. The molecule has 8 nitrogen and oxygen atoms in total. The molecule has 0 spiro atoms. The van der Waals surface area contributed by atoms with E-state index in [0.29, 0.717) is 6.42 Å². The first-order valence-corrected chi connectivity index (χ1v) is 23.6. The van der Waals surface area contributed by atoms with Gasteiger partial charge in [-0.2, -0.15) is 0 Å². The molecule has 0 heterocycles. The van der Waals surface area contributed by atoms with Crippen LogP contribution in [0.4, 0.5) is 0 Å². The summed E-state index contributed by atoms with van der Waals surface area (Å²) in [7, 11) is -4.36. The number of phosphoric acid groups is 1. The number of allylic oxidation sites excluding steroid dienone is 11. The Balaban J connectivity index is 4.33. The molecule has 0 aliphatic carbocycles. The predicted molar refractivity (Wildman–Crippen MR) is 235 cm³/mol. The van der Waals surface area contributed by atoms with Crippen LogP contribution >= 0.6 is 7.82 Å². The normalized spacial score (nSPS) is 14.8. The van der Waals surface area contributed by atoms with Gasteiger partial charge in [0.2, 0.25) is 5.91 Å². The monoisotopic (exact) mass is 791 g/mol. The van der Waals surface area contributed by atoms with Crippen LogP contribution in [0.1, 0.15) is 181 Å². The minimum absolute atomic E-state index is 0.0660. The summed E-state index contributed by atoms with van der Waals surface area (Å²) >= 11 is 0. The van der Waals surface area contributed by atoms with E-state index in [1.165, 1.54) is 89.9 Å². The smallest absolute Gasteiger partial charge is 0.387 e. The summed E-state index contributed by atoms with van der Waals surface area (Å²) < 4.78 is 22.1. The molecular formula is C46H83N2O6P. The number of unbranched alkanes of at least 4 members (excludes halogenated alkanes) is 18. The van der Waals surface area contributed by atoms with Crippen molar-refractivity contribution in [3.8, 4) is 0 Å². The second-order valence-electron chi connectivity index (χ2n) is 14.5. The molecule has 0 aromatic carbocycles. The first-order valence-electron chi connectivity index (χ1n) is 22.1. The molecule has 0 aliphatic rings. The highest BCUT2D eigenvalue weighted by atomic mass is 31.2. The zero-order chi connectivity index (χ0) is 40.3. The van der Waals surface area contributed by atoms with Crippen LogP contribution in [0.5, 0.6) is 0 Å². The van der Waals surface area contributed by atoms with E-state index in [0.717, 1.165) is 70.6 Å². The van der Waals surface area contributed by atoms with E-state index in [1.54, 1.807) is 6.08 Å². The summed E-state index contributed by atoms with van der Waals surface area (Å²) in [4.78, 5) is 22.7. The van der Waals surface area contributed by atoms with Gasteiger partial charge in [-0.3, -0.25) is 13.8 Å². The summed E-state index contributed by atoms with van der Waals surface area (Å²) in [5.74, 6) is -0.224. The molecule has 0 saturated carbocycles. The van der Waals surface area contributed by atoms with Crippen molar-refractivity contribution in [3.05, 3.63) is 72.9 Å². The van der Waals surface area contributed by atoms with Gasteiger partial charge in [-0.1, -0.05) is 164 Å². The molecule has 3 unspecified atom stereocenters. The van der Waals surface area contributed by atoms with Crippen molar-refractivity contribution >= 4 is 13.7 Å². The molecule has 0 bridgehead atoms. The molecule has 55 heavy (non-hydrogen) atoms. The van der Waals surface area contributed by atoms with Crippen molar-refractivity contribution in [1.82, 2.24) is 5.32 Å². The number of hydrogen-bond acceptors (Lipinski definition) is 6. The van der Waals surface area contributed by atoms with E-state index < -0.39 is 20.0 Å². The largest absolute Gasteiger partial charge is 0.472 e. The van der Waals surface area contributed by atoms with Crippen LogP contribution in [0.2, 0.25) is 0 Å². The summed E-state index contributed by atoms with van der Waals surface area (Å²) in [6, 6.07) is -0.894. The van der Waals surface area contributed by atoms with Crippen LogP contribution in [-0.4, -0.2) is 47.8 Å².